The summed E-state index contributed by atoms with van der Waals surface area (Å²) in [5.74, 6) is 0.305. The highest BCUT2D eigenvalue weighted by Crippen LogP contribution is 2.35. The largest absolute Gasteiger partial charge is 0.491 e. The summed E-state index contributed by atoms with van der Waals surface area (Å²) in [6.07, 6.45) is 3.81. The van der Waals surface area contributed by atoms with E-state index in [4.69, 9.17) is 19.9 Å². The zero-order chi connectivity index (χ0) is 16.4. The average Bonchev–Trinajstić information content (AvgIpc) is 2.51. The van der Waals surface area contributed by atoms with Crippen molar-refractivity contribution >= 4 is 11.7 Å². The van der Waals surface area contributed by atoms with Gasteiger partial charge in [0.1, 0.15) is 17.2 Å². The summed E-state index contributed by atoms with van der Waals surface area (Å²) in [7, 11) is 0. The van der Waals surface area contributed by atoms with E-state index in [9.17, 15) is 4.79 Å². The van der Waals surface area contributed by atoms with Gasteiger partial charge in [0.05, 0.1) is 25.4 Å². The summed E-state index contributed by atoms with van der Waals surface area (Å²) < 4.78 is 16.3. The van der Waals surface area contributed by atoms with E-state index in [2.05, 4.69) is 13.8 Å². The van der Waals surface area contributed by atoms with Gasteiger partial charge >= 0.3 is 5.97 Å². The fourth-order valence-corrected chi connectivity index (χ4v) is 1.80. The first-order valence-electron chi connectivity index (χ1n) is 7.96. The van der Waals surface area contributed by atoms with Gasteiger partial charge in [-0.05, 0) is 31.9 Å². The number of nitrogens with one attached hydrogen (secondary N) is 1. The molecule has 1 aromatic rings. The number of rotatable bonds is 10. The van der Waals surface area contributed by atoms with E-state index in [0.717, 1.165) is 25.7 Å². The second-order valence-electron chi connectivity index (χ2n) is 4.97. The molecule has 0 unspecified atom stereocenters. The number of ether oxygens (including phenoxy) is 3. The summed E-state index contributed by atoms with van der Waals surface area (Å²) in [5.41, 5.74) is 8.69. The third kappa shape index (κ3) is 5.47. The van der Waals surface area contributed by atoms with E-state index in [0.29, 0.717) is 36.9 Å². The van der Waals surface area contributed by atoms with Gasteiger partial charge in [-0.3, -0.25) is 5.73 Å². The highest BCUT2D eigenvalue weighted by molar-refractivity contribution is 5.91. The normalized spacial score (nSPS) is 10.3. The molecule has 5 heteroatoms. The van der Waals surface area contributed by atoms with Gasteiger partial charge in [-0.2, -0.15) is 0 Å². The van der Waals surface area contributed by atoms with Gasteiger partial charge in [-0.15, -0.1) is 0 Å². The van der Waals surface area contributed by atoms with E-state index in [1.165, 1.54) is 0 Å². The molecule has 0 aliphatic heterocycles. The first-order chi connectivity index (χ1) is 10.6. The highest BCUT2D eigenvalue weighted by Gasteiger charge is 2.16. The Morgan fingerprint density at radius 3 is 1.91 bits per heavy atom. The lowest BCUT2D eigenvalue weighted by Gasteiger charge is -2.14. The zero-order valence-electron chi connectivity index (χ0n) is 13.7. The Balaban J connectivity index is 2.98. The monoisotopic (exact) mass is 308 g/mol. The van der Waals surface area contributed by atoms with E-state index in [1.54, 1.807) is 19.1 Å². The lowest BCUT2D eigenvalue weighted by Crippen LogP contribution is -2.08. The van der Waals surface area contributed by atoms with Crippen LogP contribution in [-0.4, -0.2) is 25.8 Å². The third-order valence-electron chi connectivity index (χ3n) is 3.09. The van der Waals surface area contributed by atoms with Crippen LogP contribution in [0.25, 0.3) is 0 Å². The topological polar surface area (TPSA) is 68.6 Å². The molecule has 22 heavy (non-hydrogen) atoms. The van der Waals surface area contributed by atoms with Gasteiger partial charge in [0.2, 0.25) is 0 Å². The van der Waals surface area contributed by atoms with Crippen LogP contribution in [-0.2, 0) is 4.74 Å². The predicted molar refractivity (Wildman–Crippen MR) is 86.0 cm³/mol. The molecule has 0 saturated carbocycles. The van der Waals surface area contributed by atoms with E-state index >= 15 is 0 Å². The molecule has 1 rings (SSSR count). The molecule has 0 atom stereocenters. The van der Waals surface area contributed by atoms with Crippen molar-refractivity contribution in [2.24, 2.45) is 0 Å². The van der Waals surface area contributed by atoms with Crippen LogP contribution < -0.4 is 15.2 Å². The molecular formula is C17H26NO4. The maximum atomic E-state index is 11.9. The molecular weight excluding hydrogens is 282 g/mol. The Morgan fingerprint density at radius 1 is 1.00 bits per heavy atom. The van der Waals surface area contributed by atoms with Crippen molar-refractivity contribution in [2.45, 2.75) is 46.5 Å². The molecule has 0 bridgehead atoms. The second-order valence-corrected chi connectivity index (χ2v) is 4.97. The first-order valence-corrected chi connectivity index (χ1v) is 7.96. The van der Waals surface area contributed by atoms with Crippen molar-refractivity contribution in [2.75, 3.05) is 19.8 Å². The summed E-state index contributed by atoms with van der Waals surface area (Å²) in [4.78, 5) is 11.9. The average molecular weight is 308 g/mol. The van der Waals surface area contributed by atoms with Crippen LogP contribution in [0.4, 0.5) is 5.69 Å². The summed E-state index contributed by atoms with van der Waals surface area (Å²) in [6.45, 7) is 7.23. The van der Waals surface area contributed by atoms with Crippen LogP contribution in [0.1, 0.15) is 56.8 Å². The minimum Gasteiger partial charge on any atom is -0.491 e. The van der Waals surface area contributed by atoms with Crippen LogP contribution in [0.5, 0.6) is 11.5 Å². The van der Waals surface area contributed by atoms with Gasteiger partial charge in [0.25, 0.3) is 0 Å². The third-order valence-corrected chi connectivity index (χ3v) is 3.09. The Kier molecular flexibility index (Phi) is 8.18. The molecule has 1 aromatic carbocycles. The molecule has 1 radical (unpaired) electrons. The van der Waals surface area contributed by atoms with Crippen LogP contribution >= 0.6 is 0 Å². The van der Waals surface area contributed by atoms with Crippen molar-refractivity contribution in [1.29, 1.82) is 0 Å². The molecule has 0 amide bonds. The summed E-state index contributed by atoms with van der Waals surface area (Å²) in [6, 6.07) is 3.12. The lowest BCUT2D eigenvalue weighted by atomic mass is 10.1. The van der Waals surface area contributed by atoms with Gasteiger partial charge in [0.15, 0.2) is 0 Å². The predicted octanol–water partition coefficient (Wildman–Crippen LogP) is 4.14. The Labute approximate surface area is 132 Å². The minimum atomic E-state index is -0.428. The molecule has 0 aliphatic carbocycles. The Morgan fingerprint density at radius 2 is 1.50 bits per heavy atom. The van der Waals surface area contributed by atoms with Crippen molar-refractivity contribution in [3.05, 3.63) is 17.7 Å². The Bertz CT molecular complexity index is 443. The molecule has 0 heterocycles. The van der Waals surface area contributed by atoms with E-state index < -0.39 is 5.97 Å². The molecule has 0 aromatic heterocycles. The van der Waals surface area contributed by atoms with E-state index in [-0.39, 0.29) is 5.69 Å². The van der Waals surface area contributed by atoms with Gasteiger partial charge < -0.3 is 14.2 Å². The SMILES string of the molecule is CCCCOc1cc(C(=O)OCC)cc(OCCCC)c1[NH]. The van der Waals surface area contributed by atoms with Gasteiger partial charge in [-0.25, -0.2) is 4.79 Å². The fourth-order valence-electron chi connectivity index (χ4n) is 1.80. The zero-order valence-corrected chi connectivity index (χ0v) is 13.7. The number of benzene rings is 1. The molecule has 0 fully saturated rings. The molecule has 1 N–H and O–H groups in total. The first kappa shape index (κ1) is 18.1. The number of carbonyl (C=O) groups excluding carboxylic acids is 1. The standard InChI is InChI=1S/C17H26NO4/c1-4-7-9-21-14-11-13(17(19)20-6-3)12-15(16(14)18)22-10-8-5-2/h11-12,18H,4-10H2,1-3H3. The summed E-state index contributed by atoms with van der Waals surface area (Å²) >= 11 is 0. The van der Waals surface area contributed by atoms with Crippen molar-refractivity contribution in [3.8, 4) is 11.5 Å². The summed E-state index contributed by atoms with van der Waals surface area (Å²) in [5, 5.41) is 0. The number of carbonyl (C=O) groups is 1. The highest BCUT2D eigenvalue weighted by atomic mass is 16.5. The molecule has 0 aliphatic rings. The van der Waals surface area contributed by atoms with Crippen LogP contribution in [0.15, 0.2) is 12.1 Å². The lowest BCUT2D eigenvalue weighted by molar-refractivity contribution is 0.0525. The fraction of sp³-hybridized carbons (Fsp3) is 0.588. The molecule has 0 saturated heterocycles. The minimum absolute atomic E-state index is 0.181. The smallest absolute Gasteiger partial charge is 0.338 e. The maximum absolute atomic E-state index is 11.9. The number of esters is 1. The van der Waals surface area contributed by atoms with Crippen LogP contribution in [0.2, 0.25) is 0 Å². The van der Waals surface area contributed by atoms with Crippen LogP contribution in [0, 0.1) is 0 Å². The van der Waals surface area contributed by atoms with Crippen molar-refractivity contribution in [1.82, 2.24) is 5.73 Å². The Hall–Kier alpha value is -1.91. The number of unbranched alkanes of at least 4 members (excludes halogenated alkanes) is 2. The van der Waals surface area contributed by atoms with Gasteiger partial charge in [-0.1, -0.05) is 26.7 Å². The van der Waals surface area contributed by atoms with E-state index in [1.807, 2.05) is 0 Å². The van der Waals surface area contributed by atoms with Crippen LogP contribution in [0.3, 0.4) is 0 Å². The molecule has 0 spiro atoms. The van der Waals surface area contributed by atoms with Crippen molar-refractivity contribution in [3.63, 3.8) is 0 Å². The maximum Gasteiger partial charge on any atom is 0.338 e. The van der Waals surface area contributed by atoms with Gasteiger partial charge in [0, 0.05) is 0 Å². The second kappa shape index (κ2) is 9.92. The molecule has 5 nitrogen and oxygen atoms in total. The number of hydrogen-bond donors (Lipinski definition) is 0. The number of hydrogen-bond acceptors (Lipinski definition) is 4. The quantitative estimate of drug-likeness (QED) is 0.481. The molecule has 123 valence electrons. The van der Waals surface area contributed by atoms with Crippen molar-refractivity contribution < 1.29 is 19.0 Å².